The molecule has 1 heterocycles. The summed E-state index contributed by atoms with van der Waals surface area (Å²) < 4.78 is 28.4. The Bertz CT molecular complexity index is 457. The lowest BCUT2D eigenvalue weighted by Gasteiger charge is -2.33. The molecule has 21 heavy (non-hydrogen) atoms. The molecule has 6 heteroatoms. The van der Waals surface area contributed by atoms with Gasteiger partial charge in [0.1, 0.15) is 5.75 Å². The zero-order valence-corrected chi connectivity index (χ0v) is 12.1. The highest BCUT2D eigenvalue weighted by Crippen LogP contribution is 2.15. The number of Topliss-reactive ketones (excluding diaryl/α,β-unsaturated/α-hetero) is 1. The molecule has 0 saturated carbocycles. The molecule has 1 aliphatic rings. The maximum absolute atomic E-state index is 12.2. The van der Waals surface area contributed by atoms with Gasteiger partial charge in [0.05, 0.1) is 6.54 Å². The number of alkyl halides is 2. The van der Waals surface area contributed by atoms with Gasteiger partial charge in [-0.1, -0.05) is 6.92 Å². The molecule has 1 aromatic carbocycles. The number of carbonyl (C=O) groups excluding carboxylic acids is 1. The van der Waals surface area contributed by atoms with Crippen LogP contribution in [-0.4, -0.2) is 61.5 Å². The van der Waals surface area contributed by atoms with Crippen LogP contribution in [0, 0.1) is 0 Å². The molecule has 0 unspecified atom stereocenters. The number of halogens is 2. The summed E-state index contributed by atoms with van der Waals surface area (Å²) in [5.41, 5.74) is 0.523. The van der Waals surface area contributed by atoms with Crippen molar-refractivity contribution in [2.75, 3.05) is 39.3 Å². The van der Waals surface area contributed by atoms with E-state index in [1.165, 1.54) is 24.3 Å². The quantitative estimate of drug-likeness (QED) is 0.753. The maximum atomic E-state index is 12.2. The van der Waals surface area contributed by atoms with Crippen LogP contribution in [0.25, 0.3) is 0 Å². The van der Waals surface area contributed by atoms with E-state index < -0.39 is 6.61 Å². The monoisotopic (exact) mass is 298 g/mol. The molecule has 116 valence electrons. The molecule has 0 aliphatic carbocycles. The molecule has 0 atom stereocenters. The van der Waals surface area contributed by atoms with E-state index in [0.717, 1.165) is 32.7 Å². The van der Waals surface area contributed by atoms with Crippen molar-refractivity contribution in [3.63, 3.8) is 0 Å². The fraction of sp³-hybridized carbons (Fsp3) is 0.533. The molecular weight excluding hydrogens is 278 g/mol. The summed E-state index contributed by atoms with van der Waals surface area (Å²) in [7, 11) is 0. The molecule has 0 amide bonds. The Kier molecular flexibility index (Phi) is 5.64. The summed E-state index contributed by atoms with van der Waals surface area (Å²) in [6, 6.07) is 5.85. The lowest BCUT2D eigenvalue weighted by molar-refractivity contribution is -0.0498. The first-order chi connectivity index (χ1) is 10.1. The van der Waals surface area contributed by atoms with Crippen molar-refractivity contribution in [2.24, 2.45) is 0 Å². The number of carbonyl (C=O) groups is 1. The molecule has 0 N–H and O–H groups in total. The van der Waals surface area contributed by atoms with Crippen LogP contribution in [0.4, 0.5) is 8.78 Å². The van der Waals surface area contributed by atoms with Crippen LogP contribution in [-0.2, 0) is 0 Å². The number of nitrogens with zero attached hydrogens (tertiary/aromatic N) is 2. The van der Waals surface area contributed by atoms with Crippen LogP contribution in [0.1, 0.15) is 17.3 Å². The van der Waals surface area contributed by atoms with E-state index in [1.54, 1.807) is 0 Å². The molecule has 0 bridgehead atoms. The first-order valence-electron chi connectivity index (χ1n) is 7.11. The van der Waals surface area contributed by atoms with Crippen molar-refractivity contribution in [2.45, 2.75) is 13.5 Å². The van der Waals surface area contributed by atoms with E-state index in [-0.39, 0.29) is 11.5 Å². The second-order valence-electron chi connectivity index (χ2n) is 5.04. The van der Waals surface area contributed by atoms with E-state index in [1.807, 2.05) is 0 Å². The number of rotatable bonds is 6. The Balaban J connectivity index is 1.86. The van der Waals surface area contributed by atoms with E-state index >= 15 is 0 Å². The molecule has 1 aliphatic heterocycles. The Morgan fingerprint density at radius 3 is 2.24 bits per heavy atom. The average molecular weight is 298 g/mol. The Morgan fingerprint density at radius 1 is 1.14 bits per heavy atom. The number of hydrogen-bond donors (Lipinski definition) is 0. The summed E-state index contributed by atoms with van der Waals surface area (Å²) in [6.07, 6.45) is 0. The summed E-state index contributed by atoms with van der Waals surface area (Å²) in [5.74, 6) is 0.0710. The number of ketones is 1. The minimum atomic E-state index is -2.85. The van der Waals surface area contributed by atoms with Crippen LogP contribution in [0.2, 0.25) is 0 Å². The summed E-state index contributed by atoms with van der Waals surface area (Å²) in [5, 5.41) is 0. The molecule has 0 aromatic heterocycles. The second-order valence-corrected chi connectivity index (χ2v) is 5.04. The van der Waals surface area contributed by atoms with Gasteiger partial charge >= 0.3 is 6.61 Å². The minimum Gasteiger partial charge on any atom is -0.435 e. The Hall–Kier alpha value is -1.53. The van der Waals surface area contributed by atoms with Crippen LogP contribution in [0.15, 0.2) is 24.3 Å². The molecule has 0 spiro atoms. The van der Waals surface area contributed by atoms with Gasteiger partial charge in [-0.05, 0) is 30.8 Å². The summed E-state index contributed by atoms with van der Waals surface area (Å²) in [6.45, 7) is 4.40. The van der Waals surface area contributed by atoms with Crippen LogP contribution < -0.4 is 4.74 Å². The Labute approximate surface area is 123 Å². The first-order valence-corrected chi connectivity index (χ1v) is 7.11. The van der Waals surface area contributed by atoms with Gasteiger partial charge in [0, 0.05) is 31.7 Å². The fourth-order valence-electron chi connectivity index (χ4n) is 2.38. The fourth-order valence-corrected chi connectivity index (χ4v) is 2.38. The van der Waals surface area contributed by atoms with Gasteiger partial charge in [0.2, 0.25) is 0 Å². The molecule has 1 aromatic rings. The third-order valence-electron chi connectivity index (χ3n) is 3.68. The number of likely N-dealkylation sites (N-methyl/N-ethyl adjacent to an activating group) is 1. The average Bonchev–Trinajstić information content (AvgIpc) is 2.48. The van der Waals surface area contributed by atoms with Crippen molar-refractivity contribution in [3.05, 3.63) is 29.8 Å². The topological polar surface area (TPSA) is 32.8 Å². The smallest absolute Gasteiger partial charge is 0.387 e. The second kappa shape index (κ2) is 7.47. The van der Waals surface area contributed by atoms with Crippen molar-refractivity contribution >= 4 is 5.78 Å². The van der Waals surface area contributed by atoms with Crippen molar-refractivity contribution < 1.29 is 18.3 Å². The standard InChI is InChI=1S/C15H20F2N2O2/c1-2-18-7-9-19(10-8-18)11-14(20)12-3-5-13(6-4-12)21-15(16)17/h3-6,15H,2,7-11H2,1H3. The Morgan fingerprint density at radius 2 is 1.71 bits per heavy atom. The molecular formula is C15H20F2N2O2. The van der Waals surface area contributed by atoms with Gasteiger partial charge in [-0.3, -0.25) is 9.69 Å². The third kappa shape index (κ3) is 4.75. The highest BCUT2D eigenvalue weighted by molar-refractivity contribution is 5.97. The summed E-state index contributed by atoms with van der Waals surface area (Å²) in [4.78, 5) is 16.6. The molecule has 1 saturated heterocycles. The van der Waals surface area contributed by atoms with Crippen molar-refractivity contribution in [3.8, 4) is 5.75 Å². The molecule has 0 radical (unpaired) electrons. The zero-order valence-electron chi connectivity index (χ0n) is 12.1. The highest BCUT2D eigenvalue weighted by Gasteiger charge is 2.18. The predicted molar refractivity (Wildman–Crippen MR) is 76.0 cm³/mol. The molecule has 1 fully saturated rings. The van der Waals surface area contributed by atoms with E-state index in [2.05, 4.69) is 21.5 Å². The molecule has 2 rings (SSSR count). The predicted octanol–water partition coefficient (Wildman–Crippen LogP) is 2.11. The summed E-state index contributed by atoms with van der Waals surface area (Å²) >= 11 is 0. The third-order valence-corrected chi connectivity index (χ3v) is 3.68. The van der Waals surface area contributed by atoms with Gasteiger partial charge in [0.15, 0.2) is 5.78 Å². The van der Waals surface area contributed by atoms with E-state index in [9.17, 15) is 13.6 Å². The number of hydrogen-bond acceptors (Lipinski definition) is 4. The van der Waals surface area contributed by atoms with Crippen LogP contribution in [0.5, 0.6) is 5.75 Å². The van der Waals surface area contributed by atoms with Crippen molar-refractivity contribution in [1.82, 2.24) is 9.80 Å². The maximum Gasteiger partial charge on any atom is 0.387 e. The first kappa shape index (κ1) is 15.9. The van der Waals surface area contributed by atoms with Gasteiger partial charge in [-0.15, -0.1) is 0 Å². The van der Waals surface area contributed by atoms with Crippen molar-refractivity contribution in [1.29, 1.82) is 0 Å². The van der Waals surface area contributed by atoms with E-state index in [0.29, 0.717) is 12.1 Å². The van der Waals surface area contributed by atoms with Crippen LogP contribution >= 0.6 is 0 Å². The molecule has 4 nitrogen and oxygen atoms in total. The zero-order chi connectivity index (χ0) is 15.2. The van der Waals surface area contributed by atoms with E-state index in [4.69, 9.17) is 0 Å². The lowest BCUT2D eigenvalue weighted by Crippen LogP contribution is -2.47. The lowest BCUT2D eigenvalue weighted by atomic mass is 10.1. The SMILES string of the molecule is CCN1CCN(CC(=O)c2ccc(OC(F)F)cc2)CC1. The number of benzene rings is 1. The number of piperazine rings is 1. The highest BCUT2D eigenvalue weighted by atomic mass is 19.3. The van der Waals surface area contributed by atoms with Gasteiger partial charge in [-0.25, -0.2) is 0 Å². The van der Waals surface area contributed by atoms with Gasteiger partial charge in [0.25, 0.3) is 0 Å². The van der Waals surface area contributed by atoms with Gasteiger partial charge < -0.3 is 9.64 Å². The number of ether oxygens (including phenoxy) is 1. The minimum absolute atomic E-state index is 0.00328. The van der Waals surface area contributed by atoms with Crippen LogP contribution in [0.3, 0.4) is 0 Å². The van der Waals surface area contributed by atoms with Gasteiger partial charge in [-0.2, -0.15) is 8.78 Å². The largest absolute Gasteiger partial charge is 0.435 e. The normalized spacial score (nSPS) is 17.1.